The minimum Gasteiger partial charge on any atom is -0.385 e. The van der Waals surface area contributed by atoms with Crippen molar-refractivity contribution in [2.75, 3.05) is 31.5 Å². The summed E-state index contributed by atoms with van der Waals surface area (Å²) in [6.45, 7) is 11.0. The Labute approximate surface area is 98.9 Å². The van der Waals surface area contributed by atoms with Gasteiger partial charge in [0.1, 0.15) is 0 Å². The number of anilines is 1. The Hall–Kier alpha value is -1.09. The van der Waals surface area contributed by atoms with Gasteiger partial charge in [-0.25, -0.2) is 0 Å². The number of aromatic nitrogens is 1. The molecule has 1 aromatic heterocycles. The second-order valence-corrected chi connectivity index (χ2v) is 4.00. The van der Waals surface area contributed by atoms with Gasteiger partial charge in [-0.1, -0.05) is 13.8 Å². The molecule has 3 heteroatoms. The zero-order valence-corrected chi connectivity index (χ0v) is 10.7. The molecule has 0 spiro atoms. The van der Waals surface area contributed by atoms with Crippen LogP contribution in [0.4, 0.5) is 5.69 Å². The first-order valence-electron chi connectivity index (χ1n) is 6.14. The lowest BCUT2D eigenvalue weighted by Crippen LogP contribution is -2.25. The van der Waals surface area contributed by atoms with E-state index in [1.165, 1.54) is 24.2 Å². The molecule has 0 amide bonds. The maximum Gasteiger partial charge on any atom is 0.0400 e. The van der Waals surface area contributed by atoms with E-state index in [4.69, 9.17) is 0 Å². The van der Waals surface area contributed by atoms with Gasteiger partial charge in [-0.2, -0.15) is 0 Å². The highest BCUT2D eigenvalue weighted by atomic mass is 15.1. The van der Waals surface area contributed by atoms with Gasteiger partial charge in [0.25, 0.3) is 0 Å². The Bertz CT molecular complexity index is 295. The first-order valence-corrected chi connectivity index (χ1v) is 6.14. The standard InChI is InChI=1S/C13H23N3/c1-4-16(5-2)10-6-8-15-13-7-9-14-11-12(13)3/h7,9,11H,4-6,8,10H2,1-3H3,(H,14,15). The lowest BCUT2D eigenvalue weighted by Gasteiger charge is -2.18. The van der Waals surface area contributed by atoms with Crippen LogP contribution in [0.3, 0.4) is 0 Å². The summed E-state index contributed by atoms with van der Waals surface area (Å²) in [5.41, 5.74) is 2.42. The molecular formula is C13H23N3. The van der Waals surface area contributed by atoms with Crippen LogP contribution in [0, 0.1) is 6.92 Å². The van der Waals surface area contributed by atoms with Crippen LogP contribution in [0.1, 0.15) is 25.8 Å². The van der Waals surface area contributed by atoms with Gasteiger partial charge in [-0.05, 0) is 44.6 Å². The molecule has 3 nitrogen and oxygen atoms in total. The Morgan fingerprint density at radius 3 is 2.69 bits per heavy atom. The van der Waals surface area contributed by atoms with E-state index in [9.17, 15) is 0 Å². The van der Waals surface area contributed by atoms with E-state index in [1.54, 1.807) is 0 Å². The van der Waals surface area contributed by atoms with E-state index in [-0.39, 0.29) is 0 Å². The highest BCUT2D eigenvalue weighted by Crippen LogP contribution is 2.11. The highest BCUT2D eigenvalue weighted by Gasteiger charge is 1.99. The van der Waals surface area contributed by atoms with Crippen LogP contribution in [-0.2, 0) is 0 Å². The summed E-state index contributed by atoms with van der Waals surface area (Å²) in [6.07, 6.45) is 4.91. The molecule has 0 bridgehead atoms. The van der Waals surface area contributed by atoms with Crippen molar-refractivity contribution in [3.05, 3.63) is 24.0 Å². The molecule has 0 fully saturated rings. The van der Waals surface area contributed by atoms with Crippen LogP contribution in [-0.4, -0.2) is 36.1 Å². The fourth-order valence-electron chi connectivity index (χ4n) is 1.74. The van der Waals surface area contributed by atoms with Crippen molar-refractivity contribution in [2.24, 2.45) is 0 Å². The quantitative estimate of drug-likeness (QED) is 0.717. The van der Waals surface area contributed by atoms with Gasteiger partial charge in [0.15, 0.2) is 0 Å². The van der Waals surface area contributed by atoms with E-state index in [2.05, 4.69) is 36.0 Å². The van der Waals surface area contributed by atoms with Crippen molar-refractivity contribution in [2.45, 2.75) is 27.2 Å². The average Bonchev–Trinajstić information content (AvgIpc) is 2.31. The molecule has 0 saturated carbocycles. The number of nitrogens with zero attached hydrogens (tertiary/aromatic N) is 2. The minimum absolute atomic E-state index is 1.03. The smallest absolute Gasteiger partial charge is 0.0400 e. The van der Waals surface area contributed by atoms with Gasteiger partial charge in [0.05, 0.1) is 0 Å². The van der Waals surface area contributed by atoms with Gasteiger partial charge in [0, 0.05) is 24.6 Å². The molecule has 1 N–H and O–H groups in total. The van der Waals surface area contributed by atoms with Crippen molar-refractivity contribution in [1.82, 2.24) is 9.88 Å². The molecule has 0 saturated heterocycles. The van der Waals surface area contributed by atoms with E-state index in [0.29, 0.717) is 0 Å². The van der Waals surface area contributed by atoms with Gasteiger partial charge in [0.2, 0.25) is 0 Å². The van der Waals surface area contributed by atoms with Crippen molar-refractivity contribution in [3.63, 3.8) is 0 Å². The lowest BCUT2D eigenvalue weighted by atomic mass is 10.2. The molecule has 0 radical (unpaired) electrons. The summed E-state index contributed by atoms with van der Waals surface area (Å²) in [5.74, 6) is 0. The van der Waals surface area contributed by atoms with E-state index in [1.807, 2.05) is 18.5 Å². The van der Waals surface area contributed by atoms with Crippen LogP contribution < -0.4 is 5.32 Å². The first-order chi connectivity index (χ1) is 7.77. The molecule has 0 aliphatic heterocycles. The zero-order chi connectivity index (χ0) is 11.8. The maximum atomic E-state index is 4.08. The van der Waals surface area contributed by atoms with E-state index < -0.39 is 0 Å². The average molecular weight is 221 g/mol. The first kappa shape index (κ1) is 13.0. The molecule has 0 aliphatic rings. The molecule has 0 atom stereocenters. The van der Waals surface area contributed by atoms with Gasteiger partial charge < -0.3 is 10.2 Å². The molecule has 1 heterocycles. The monoisotopic (exact) mass is 221 g/mol. The highest BCUT2D eigenvalue weighted by molar-refractivity contribution is 5.48. The van der Waals surface area contributed by atoms with Gasteiger partial charge in [-0.3, -0.25) is 4.98 Å². The van der Waals surface area contributed by atoms with Crippen LogP contribution in [0.5, 0.6) is 0 Å². The predicted octanol–water partition coefficient (Wildman–Crippen LogP) is 2.53. The maximum absolute atomic E-state index is 4.08. The molecule has 1 aromatic rings. The number of rotatable bonds is 7. The third-order valence-electron chi connectivity index (χ3n) is 2.88. The number of nitrogens with one attached hydrogen (secondary N) is 1. The molecule has 16 heavy (non-hydrogen) atoms. The predicted molar refractivity (Wildman–Crippen MR) is 69.9 cm³/mol. The molecule has 90 valence electrons. The second kappa shape index (κ2) is 7.23. The van der Waals surface area contributed by atoms with E-state index >= 15 is 0 Å². The Morgan fingerprint density at radius 1 is 1.31 bits per heavy atom. The molecular weight excluding hydrogens is 198 g/mol. The number of hydrogen-bond donors (Lipinski definition) is 1. The summed E-state index contributed by atoms with van der Waals surface area (Å²) in [7, 11) is 0. The number of pyridine rings is 1. The summed E-state index contributed by atoms with van der Waals surface area (Å²) in [4.78, 5) is 6.53. The fourth-order valence-corrected chi connectivity index (χ4v) is 1.74. The summed E-state index contributed by atoms with van der Waals surface area (Å²) >= 11 is 0. The minimum atomic E-state index is 1.03. The van der Waals surface area contributed by atoms with Crippen LogP contribution in [0.2, 0.25) is 0 Å². The molecule has 0 aliphatic carbocycles. The lowest BCUT2D eigenvalue weighted by molar-refractivity contribution is 0.303. The summed E-state index contributed by atoms with van der Waals surface area (Å²) in [5, 5.41) is 3.45. The largest absolute Gasteiger partial charge is 0.385 e. The second-order valence-electron chi connectivity index (χ2n) is 4.00. The number of hydrogen-bond acceptors (Lipinski definition) is 3. The molecule has 1 rings (SSSR count). The zero-order valence-electron chi connectivity index (χ0n) is 10.7. The number of aryl methyl sites for hydroxylation is 1. The third kappa shape index (κ3) is 4.19. The Morgan fingerprint density at radius 2 is 2.06 bits per heavy atom. The normalized spacial score (nSPS) is 10.8. The van der Waals surface area contributed by atoms with E-state index in [0.717, 1.165) is 19.6 Å². The van der Waals surface area contributed by atoms with Crippen molar-refractivity contribution < 1.29 is 0 Å². The Balaban J connectivity index is 2.23. The molecule has 0 aromatic carbocycles. The van der Waals surface area contributed by atoms with Gasteiger partial charge in [-0.15, -0.1) is 0 Å². The van der Waals surface area contributed by atoms with Crippen molar-refractivity contribution in [3.8, 4) is 0 Å². The van der Waals surface area contributed by atoms with Crippen molar-refractivity contribution in [1.29, 1.82) is 0 Å². The third-order valence-corrected chi connectivity index (χ3v) is 2.88. The summed E-state index contributed by atoms with van der Waals surface area (Å²) in [6, 6.07) is 2.03. The van der Waals surface area contributed by atoms with Gasteiger partial charge >= 0.3 is 0 Å². The molecule has 0 unspecified atom stereocenters. The summed E-state index contributed by atoms with van der Waals surface area (Å²) < 4.78 is 0. The Kier molecular flexibility index (Phi) is 5.86. The van der Waals surface area contributed by atoms with Crippen LogP contribution in [0.25, 0.3) is 0 Å². The SMILES string of the molecule is CCN(CC)CCCNc1ccncc1C. The fraction of sp³-hybridized carbons (Fsp3) is 0.615. The van der Waals surface area contributed by atoms with Crippen LogP contribution in [0.15, 0.2) is 18.5 Å². The van der Waals surface area contributed by atoms with Crippen LogP contribution >= 0.6 is 0 Å². The topological polar surface area (TPSA) is 28.2 Å². The van der Waals surface area contributed by atoms with Crippen molar-refractivity contribution >= 4 is 5.69 Å².